The predicted octanol–water partition coefficient (Wildman–Crippen LogP) is 4.60. The highest BCUT2D eigenvalue weighted by molar-refractivity contribution is 6.31. The third-order valence-electron chi connectivity index (χ3n) is 2.88. The minimum Gasteiger partial charge on any atom is -0.322 e. The molecule has 0 saturated heterocycles. The van der Waals surface area contributed by atoms with Crippen LogP contribution in [-0.2, 0) is 0 Å². The van der Waals surface area contributed by atoms with Crippen molar-refractivity contribution >= 4 is 23.2 Å². The second-order valence-corrected chi connectivity index (χ2v) is 4.79. The SMILES string of the molecule is Cc1ccc(Cl)cc1NC(=O)c1c(F)c(F)c(F)c(F)c1F. The van der Waals surface area contributed by atoms with E-state index in [-0.39, 0.29) is 10.7 Å². The van der Waals surface area contributed by atoms with Crippen LogP contribution in [0.4, 0.5) is 27.6 Å². The van der Waals surface area contributed by atoms with Crippen molar-refractivity contribution in [3.8, 4) is 0 Å². The first-order valence-electron chi connectivity index (χ1n) is 5.83. The zero-order valence-corrected chi connectivity index (χ0v) is 11.7. The fourth-order valence-corrected chi connectivity index (χ4v) is 1.89. The van der Waals surface area contributed by atoms with Gasteiger partial charge in [0.1, 0.15) is 5.56 Å². The van der Waals surface area contributed by atoms with Crippen molar-refractivity contribution in [3.05, 3.63) is 63.4 Å². The van der Waals surface area contributed by atoms with Crippen molar-refractivity contribution in [1.82, 2.24) is 0 Å². The summed E-state index contributed by atoms with van der Waals surface area (Å²) in [6, 6.07) is 4.29. The Morgan fingerprint density at radius 3 is 2.00 bits per heavy atom. The van der Waals surface area contributed by atoms with Gasteiger partial charge in [-0.2, -0.15) is 0 Å². The van der Waals surface area contributed by atoms with Crippen molar-refractivity contribution in [2.24, 2.45) is 0 Å². The minimum absolute atomic E-state index is 0.0847. The maximum Gasteiger partial charge on any atom is 0.261 e. The molecule has 0 aliphatic carbocycles. The van der Waals surface area contributed by atoms with E-state index >= 15 is 0 Å². The first kappa shape index (κ1) is 16.2. The van der Waals surface area contributed by atoms with Crippen molar-refractivity contribution in [1.29, 1.82) is 0 Å². The Labute approximate surface area is 126 Å². The number of hydrogen-bond acceptors (Lipinski definition) is 1. The van der Waals surface area contributed by atoms with Crippen LogP contribution in [0.15, 0.2) is 18.2 Å². The first-order valence-corrected chi connectivity index (χ1v) is 6.20. The van der Waals surface area contributed by atoms with Gasteiger partial charge in [0.05, 0.1) is 0 Å². The molecular formula is C14H7ClF5NO. The topological polar surface area (TPSA) is 29.1 Å². The molecule has 0 saturated carbocycles. The third-order valence-corrected chi connectivity index (χ3v) is 3.12. The molecule has 2 aromatic rings. The number of carbonyl (C=O) groups excluding carboxylic acids is 1. The molecule has 1 N–H and O–H groups in total. The maximum absolute atomic E-state index is 13.5. The van der Waals surface area contributed by atoms with Crippen LogP contribution in [0.3, 0.4) is 0 Å². The number of halogens is 6. The number of amides is 1. The van der Waals surface area contributed by atoms with Crippen molar-refractivity contribution < 1.29 is 26.7 Å². The smallest absolute Gasteiger partial charge is 0.261 e. The van der Waals surface area contributed by atoms with Crippen molar-refractivity contribution in [2.45, 2.75) is 6.92 Å². The standard InChI is InChI=1S/C14H7ClF5NO/c1-5-2-3-6(15)4-7(5)21-14(22)8-9(16)11(18)13(20)12(19)10(8)17/h2-4H,1H3,(H,21,22). The number of hydrogen-bond donors (Lipinski definition) is 1. The van der Waals surface area contributed by atoms with Crippen LogP contribution >= 0.6 is 11.6 Å². The van der Waals surface area contributed by atoms with E-state index in [1.165, 1.54) is 18.2 Å². The summed E-state index contributed by atoms with van der Waals surface area (Å²) >= 11 is 5.71. The molecule has 0 aliphatic rings. The molecule has 1 amide bonds. The highest BCUT2D eigenvalue weighted by atomic mass is 35.5. The zero-order valence-electron chi connectivity index (χ0n) is 10.9. The second kappa shape index (κ2) is 5.92. The van der Waals surface area contributed by atoms with Gasteiger partial charge in [0, 0.05) is 10.7 Å². The van der Waals surface area contributed by atoms with E-state index in [0.29, 0.717) is 5.56 Å². The molecule has 0 bridgehead atoms. The summed E-state index contributed by atoms with van der Waals surface area (Å²) in [7, 11) is 0. The number of rotatable bonds is 2. The monoisotopic (exact) mass is 335 g/mol. The third kappa shape index (κ3) is 2.76. The van der Waals surface area contributed by atoms with Crippen LogP contribution in [0.25, 0.3) is 0 Å². The molecule has 22 heavy (non-hydrogen) atoms. The Balaban J connectivity index is 2.49. The Hall–Kier alpha value is -2.15. The van der Waals surface area contributed by atoms with Crippen LogP contribution in [0.1, 0.15) is 15.9 Å². The maximum atomic E-state index is 13.5. The summed E-state index contributed by atoms with van der Waals surface area (Å²) in [5.74, 6) is -12.6. The van der Waals surface area contributed by atoms with Crippen molar-refractivity contribution in [3.63, 3.8) is 0 Å². The summed E-state index contributed by atoms with van der Waals surface area (Å²) in [6.45, 7) is 1.56. The van der Waals surface area contributed by atoms with Crippen molar-refractivity contribution in [2.75, 3.05) is 5.32 Å². The van der Waals surface area contributed by atoms with Crippen LogP contribution in [0.2, 0.25) is 5.02 Å². The number of carbonyl (C=O) groups is 1. The van der Waals surface area contributed by atoms with Gasteiger partial charge in [-0.1, -0.05) is 17.7 Å². The van der Waals surface area contributed by atoms with Gasteiger partial charge in [-0.05, 0) is 24.6 Å². The van der Waals surface area contributed by atoms with Crippen LogP contribution in [0.5, 0.6) is 0 Å². The Morgan fingerprint density at radius 1 is 0.955 bits per heavy atom. The molecule has 116 valence electrons. The lowest BCUT2D eigenvalue weighted by molar-refractivity contribution is 0.101. The lowest BCUT2D eigenvalue weighted by Gasteiger charge is -2.11. The average Bonchev–Trinajstić information content (AvgIpc) is 2.47. The molecule has 0 unspecified atom stereocenters. The Kier molecular flexibility index (Phi) is 4.37. The highest BCUT2D eigenvalue weighted by Crippen LogP contribution is 2.25. The van der Waals surface area contributed by atoms with E-state index in [1.54, 1.807) is 6.92 Å². The average molecular weight is 336 g/mol. The van der Waals surface area contributed by atoms with E-state index in [1.807, 2.05) is 0 Å². The van der Waals surface area contributed by atoms with Gasteiger partial charge in [0.15, 0.2) is 23.3 Å². The fourth-order valence-electron chi connectivity index (χ4n) is 1.72. The number of benzene rings is 2. The van der Waals surface area contributed by atoms with Gasteiger partial charge in [0.2, 0.25) is 5.82 Å². The van der Waals surface area contributed by atoms with E-state index < -0.39 is 40.6 Å². The van der Waals surface area contributed by atoms with Crippen LogP contribution in [0, 0.1) is 36.0 Å². The van der Waals surface area contributed by atoms with Gasteiger partial charge in [0.25, 0.3) is 5.91 Å². The van der Waals surface area contributed by atoms with Gasteiger partial charge < -0.3 is 5.32 Å². The van der Waals surface area contributed by atoms with Gasteiger partial charge >= 0.3 is 0 Å². The van der Waals surface area contributed by atoms with E-state index in [2.05, 4.69) is 5.32 Å². The summed E-state index contributed by atoms with van der Waals surface area (Å²) in [4.78, 5) is 11.8. The molecule has 0 fully saturated rings. The lowest BCUT2D eigenvalue weighted by Crippen LogP contribution is -2.19. The number of nitrogens with one attached hydrogen (secondary N) is 1. The Morgan fingerprint density at radius 2 is 1.45 bits per heavy atom. The molecule has 8 heteroatoms. The molecule has 2 aromatic carbocycles. The molecule has 0 spiro atoms. The minimum atomic E-state index is -2.33. The molecule has 0 aromatic heterocycles. The second-order valence-electron chi connectivity index (χ2n) is 4.36. The molecule has 0 aliphatic heterocycles. The van der Waals surface area contributed by atoms with Crippen LogP contribution in [-0.4, -0.2) is 5.91 Å². The van der Waals surface area contributed by atoms with Crippen LogP contribution < -0.4 is 5.32 Å². The fraction of sp³-hybridized carbons (Fsp3) is 0.0714. The summed E-state index contributed by atoms with van der Waals surface area (Å²) in [5, 5.41) is 2.28. The highest BCUT2D eigenvalue weighted by Gasteiger charge is 2.29. The van der Waals surface area contributed by atoms with E-state index in [0.717, 1.165) is 0 Å². The van der Waals surface area contributed by atoms with Gasteiger partial charge in [-0.25, -0.2) is 22.0 Å². The molecule has 0 heterocycles. The Bertz CT molecular complexity index is 749. The quantitative estimate of drug-likeness (QED) is 0.485. The molecule has 2 nitrogen and oxygen atoms in total. The number of aryl methyl sites for hydroxylation is 1. The molecule has 2 rings (SSSR count). The normalized spacial score (nSPS) is 10.7. The summed E-state index contributed by atoms with van der Waals surface area (Å²) in [6.07, 6.45) is 0. The lowest BCUT2D eigenvalue weighted by atomic mass is 10.1. The molecule has 0 atom stereocenters. The first-order chi connectivity index (χ1) is 10.2. The summed E-state index contributed by atoms with van der Waals surface area (Å²) < 4.78 is 66.1. The van der Waals surface area contributed by atoms with E-state index in [9.17, 15) is 26.7 Å². The molecular weight excluding hydrogens is 329 g/mol. The molecule has 0 radical (unpaired) electrons. The van der Waals surface area contributed by atoms with E-state index in [4.69, 9.17) is 11.6 Å². The number of anilines is 1. The van der Waals surface area contributed by atoms with Gasteiger partial charge in [-0.15, -0.1) is 0 Å². The zero-order chi connectivity index (χ0) is 16.6. The van der Waals surface area contributed by atoms with Gasteiger partial charge in [-0.3, -0.25) is 4.79 Å². The summed E-state index contributed by atoms with van der Waals surface area (Å²) in [5.41, 5.74) is -0.987. The largest absolute Gasteiger partial charge is 0.322 e. The predicted molar refractivity (Wildman–Crippen MR) is 70.4 cm³/mol.